The molecule has 0 amide bonds. The molecule has 0 N–H and O–H groups in total. The van der Waals surface area contributed by atoms with Crippen molar-refractivity contribution in [3.8, 4) is 33.9 Å². The number of fused-ring (bicyclic) bond motifs is 4. The molecule has 0 saturated carbocycles. The number of hydrogen-bond acceptors (Lipinski definition) is 5. The van der Waals surface area contributed by atoms with Crippen molar-refractivity contribution >= 4 is 50.6 Å². The molecule has 9 rings (SSSR count). The van der Waals surface area contributed by atoms with Crippen LogP contribution in [0.4, 0.5) is 17.3 Å². The number of nitrogens with zero attached hydrogens (tertiary/aromatic N) is 4. The van der Waals surface area contributed by atoms with Gasteiger partial charge in [-0.2, -0.15) is 9.97 Å². The van der Waals surface area contributed by atoms with Gasteiger partial charge in [0.25, 0.3) is 0 Å². The molecule has 0 unspecified atom stereocenters. The predicted octanol–water partition coefficient (Wildman–Crippen LogP) is 11.1. The zero-order chi connectivity index (χ0) is 30.5. The first kappa shape index (κ1) is 26.6. The Balaban J connectivity index is 1.29. The molecule has 0 spiro atoms. The average Bonchev–Trinajstić information content (AvgIpc) is 3.13. The Morgan fingerprint density at radius 2 is 0.913 bits per heavy atom. The van der Waals surface area contributed by atoms with Crippen molar-refractivity contribution in [1.29, 1.82) is 0 Å². The van der Waals surface area contributed by atoms with Crippen LogP contribution in [0.25, 0.3) is 55.4 Å². The molecule has 46 heavy (non-hydrogen) atoms. The molecule has 8 aromatic rings. The highest BCUT2D eigenvalue weighted by Gasteiger charge is 2.27. The molecular formula is C41H26N4S. The summed E-state index contributed by atoms with van der Waals surface area (Å²) in [7, 11) is 0. The first-order valence-corrected chi connectivity index (χ1v) is 16.1. The Hall–Kier alpha value is -5.78. The molecule has 0 bridgehead atoms. The minimum atomic E-state index is 0.589. The van der Waals surface area contributed by atoms with Crippen LogP contribution >= 0.6 is 11.8 Å². The van der Waals surface area contributed by atoms with Crippen LogP contribution in [0.2, 0.25) is 0 Å². The normalized spacial score (nSPS) is 12.2. The summed E-state index contributed by atoms with van der Waals surface area (Å²) in [5, 5.41) is 4.71. The minimum Gasteiger partial charge on any atom is -0.277 e. The molecule has 0 atom stereocenters. The highest BCUT2D eigenvalue weighted by molar-refractivity contribution is 7.99. The second-order valence-electron chi connectivity index (χ2n) is 11.3. The van der Waals surface area contributed by atoms with E-state index in [9.17, 15) is 0 Å². The Labute approximate surface area is 271 Å². The summed E-state index contributed by atoms with van der Waals surface area (Å²) >= 11 is 1.77. The maximum Gasteiger partial charge on any atom is 0.238 e. The van der Waals surface area contributed by atoms with Crippen LogP contribution in [-0.2, 0) is 0 Å². The fourth-order valence-corrected chi connectivity index (χ4v) is 7.48. The van der Waals surface area contributed by atoms with Crippen molar-refractivity contribution in [2.24, 2.45) is 0 Å². The fraction of sp³-hybridized carbons (Fsp3) is 0. The number of hydrogen-bond donors (Lipinski definition) is 0. The molecule has 1 aliphatic rings. The molecule has 1 aromatic heterocycles. The van der Waals surface area contributed by atoms with Crippen molar-refractivity contribution in [3.63, 3.8) is 0 Å². The van der Waals surface area contributed by atoms with Gasteiger partial charge in [-0.25, -0.2) is 4.98 Å². The summed E-state index contributed by atoms with van der Waals surface area (Å²) in [5.74, 6) is 1.86. The largest absolute Gasteiger partial charge is 0.277 e. The lowest BCUT2D eigenvalue weighted by Crippen LogP contribution is -2.18. The molecule has 7 aromatic carbocycles. The van der Waals surface area contributed by atoms with E-state index in [1.165, 1.54) is 21.9 Å². The van der Waals surface area contributed by atoms with Crippen LogP contribution < -0.4 is 4.90 Å². The van der Waals surface area contributed by atoms with Gasteiger partial charge >= 0.3 is 0 Å². The summed E-state index contributed by atoms with van der Waals surface area (Å²) < 4.78 is 0. The van der Waals surface area contributed by atoms with Crippen molar-refractivity contribution < 1.29 is 0 Å². The van der Waals surface area contributed by atoms with E-state index in [4.69, 9.17) is 15.0 Å². The Bertz CT molecular complexity index is 2370. The zero-order valence-electron chi connectivity index (χ0n) is 24.7. The Morgan fingerprint density at radius 3 is 1.67 bits per heavy atom. The number of anilines is 3. The third-order valence-electron chi connectivity index (χ3n) is 8.53. The molecule has 1 aliphatic heterocycles. The second-order valence-corrected chi connectivity index (χ2v) is 12.3. The topological polar surface area (TPSA) is 41.9 Å². The van der Waals surface area contributed by atoms with E-state index in [1.807, 2.05) is 18.2 Å². The average molecular weight is 607 g/mol. The highest BCUT2D eigenvalue weighted by Crippen LogP contribution is 2.50. The summed E-state index contributed by atoms with van der Waals surface area (Å²) in [6.45, 7) is 0. The standard InChI is InChI=1S/C41H26N4S/c1-2-14-28(15-3-1)39-42-40(44-41(43-39)45-35-23-6-8-25-37(35)46-38-26-9-7-24-36(38)45)34-22-12-20-32-31(19-11-21-33(32)34)30-18-10-16-27-13-4-5-17-29(27)30/h1-26H. The van der Waals surface area contributed by atoms with Crippen molar-refractivity contribution in [3.05, 3.63) is 158 Å². The van der Waals surface area contributed by atoms with Crippen molar-refractivity contribution in [2.75, 3.05) is 4.90 Å². The Morgan fingerprint density at radius 1 is 0.391 bits per heavy atom. The van der Waals surface area contributed by atoms with Gasteiger partial charge < -0.3 is 0 Å². The Kier molecular flexibility index (Phi) is 6.35. The van der Waals surface area contributed by atoms with E-state index < -0.39 is 0 Å². The summed E-state index contributed by atoms with van der Waals surface area (Å²) in [6.07, 6.45) is 0. The smallest absolute Gasteiger partial charge is 0.238 e. The van der Waals surface area contributed by atoms with Crippen LogP contribution in [0.1, 0.15) is 0 Å². The van der Waals surface area contributed by atoms with Gasteiger partial charge in [0.15, 0.2) is 11.6 Å². The van der Waals surface area contributed by atoms with Gasteiger partial charge in [0.2, 0.25) is 5.95 Å². The molecule has 2 heterocycles. The van der Waals surface area contributed by atoms with Gasteiger partial charge in [-0.05, 0) is 56.9 Å². The van der Waals surface area contributed by atoms with E-state index in [0.29, 0.717) is 17.6 Å². The SMILES string of the molecule is c1ccc(-c2nc(-c3cccc4c(-c5cccc6ccccc56)cccc34)nc(N3c4ccccc4Sc4ccccc43)n2)cc1. The lowest BCUT2D eigenvalue weighted by atomic mass is 9.92. The summed E-state index contributed by atoms with van der Waals surface area (Å²) in [4.78, 5) is 20.0. The van der Waals surface area contributed by atoms with E-state index in [0.717, 1.165) is 43.1 Å². The number of para-hydroxylation sites is 2. The number of benzene rings is 7. The van der Waals surface area contributed by atoms with Crippen molar-refractivity contribution in [1.82, 2.24) is 15.0 Å². The molecule has 0 aliphatic carbocycles. The summed E-state index contributed by atoms with van der Waals surface area (Å²) in [6, 6.07) is 55.1. The van der Waals surface area contributed by atoms with Crippen LogP contribution in [0, 0.1) is 0 Å². The van der Waals surface area contributed by atoms with Gasteiger partial charge in [0.1, 0.15) is 0 Å². The van der Waals surface area contributed by atoms with Gasteiger partial charge in [-0.3, -0.25) is 4.90 Å². The molecule has 216 valence electrons. The van der Waals surface area contributed by atoms with Crippen molar-refractivity contribution in [2.45, 2.75) is 9.79 Å². The third kappa shape index (κ3) is 4.44. The lowest BCUT2D eigenvalue weighted by Gasteiger charge is -2.31. The van der Waals surface area contributed by atoms with Gasteiger partial charge in [0.05, 0.1) is 11.4 Å². The maximum absolute atomic E-state index is 5.25. The molecule has 4 nitrogen and oxygen atoms in total. The predicted molar refractivity (Wildman–Crippen MR) is 190 cm³/mol. The van der Waals surface area contributed by atoms with Gasteiger partial charge in [-0.1, -0.05) is 145 Å². The molecule has 0 saturated heterocycles. The fourth-order valence-electron chi connectivity index (χ4n) is 6.42. The lowest BCUT2D eigenvalue weighted by molar-refractivity contribution is 1.00. The molecule has 0 fully saturated rings. The minimum absolute atomic E-state index is 0.589. The van der Waals surface area contributed by atoms with E-state index in [-0.39, 0.29) is 0 Å². The maximum atomic E-state index is 5.25. The third-order valence-corrected chi connectivity index (χ3v) is 9.66. The van der Waals surface area contributed by atoms with Gasteiger partial charge in [-0.15, -0.1) is 0 Å². The monoisotopic (exact) mass is 606 g/mol. The van der Waals surface area contributed by atoms with Crippen LogP contribution in [0.3, 0.4) is 0 Å². The van der Waals surface area contributed by atoms with Gasteiger partial charge in [0, 0.05) is 20.9 Å². The van der Waals surface area contributed by atoms with E-state index in [1.54, 1.807) is 11.8 Å². The second kappa shape index (κ2) is 11.0. The molecular weight excluding hydrogens is 581 g/mol. The van der Waals surface area contributed by atoms with E-state index in [2.05, 4.69) is 144 Å². The van der Waals surface area contributed by atoms with Crippen LogP contribution in [0.5, 0.6) is 0 Å². The zero-order valence-corrected chi connectivity index (χ0v) is 25.5. The molecule has 5 heteroatoms. The highest BCUT2D eigenvalue weighted by atomic mass is 32.2. The number of aromatic nitrogens is 3. The number of rotatable bonds is 4. The molecule has 0 radical (unpaired) electrons. The van der Waals surface area contributed by atoms with Crippen LogP contribution in [0.15, 0.2) is 168 Å². The summed E-state index contributed by atoms with van der Waals surface area (Å²) in [5.41, 5.74) is 6.41. The van der Waals surface area contributed by atoms with Crippen LogP contribution in [-0.4, -0.2) is 15.0 Å². The van der Waals surface area contributed by atoms with E-state index >= 15 is 0 Å². The quantitative estimate of drug-likeness (QED) is 0.199. The first-order chi connectivity index (χ1) is 22.8. The first-order valence-electron chi connectivity index (χ1n) is 15.3.